The van der Waals surface area contributed by atoms with Gasteiger partial charge in [-0.2, -0.15) is 0 Å². The summed E-state index contributed by atoms with van der Waals surface area (Å²) in [5, 5.41) is 3.55. The fraction of sp³-hybridized carbons (Fsp3) is 0.579. The van der Waals surface area contributed by atoms with E-state index >= 15 is 0 Å². The number of amides is 2. The van der Waals surface area contributed by atoms with E-state index in [1.807, 2.05) is 17.0 Å². The van der Waals surface area contributed by atoms with Crippen molar-refractivity contribution in [3.8, 4) is 0 Å². The number of nitrogens with zero attached hydrogens (tertiary/aromatic N) is 1. The highest BCUT2D eigenvalue weighted by atomic mass is 35.5. The van der Waals surface area contributed by atoms with Crippen molar-refractivity contribution in [2.24, 2.45) is 5.41 Å². The molecule has 1 unspecified atom stereocenters. The highest BCUT2D eigenvalue weighted by molar-refractivity contribution is 6.30. The molecule has 2 rings (SSSR count). The minimum atomic E-state index is -1.06. The number of carbonyl (C=O) groups is 2. The van der Waals surface area contributed by atoms with Crippen LogP contribution in [0.5, 0.6) is 0 Å². The number of rotatable bonds is 5. The summed E-state index contributed by atoms with van der Waals surface area (Å²) in [5.74, 6) is -0.300. The number of halogens is 1. The monoisotopic (exact) mass is 350 g/mol. The Hall–Kier alpha value is -1.55. The second kappa shape index (κ2) is 8.02. The second-order valence-electron chi connectivity index (χ2n) is 6.99. The molecule has 1 saturated heterocycles. The summed E-state index contributed by atoms with van der Waals surface area (Å²) < 4.78 is 0. The Kier molecular flexibility index (Phi) is 6.27. The fourth-order valence-corrected chi connectivity index (χ4v) is 3.28. The third-order valence-electron chi connectivity index (χ3n) is 4.83. The Morgan fingerprint density at radius 3 is 2.54 bits per heavy atom. The van der Waals surface area contributed by atoms with Crippen LogP contribution in [0.3, 0.4) is 0 Å². The number of piperidine rings is 1. The molecule has 5 heteroatoms. The average Bonchev–Trinajstić information content (AvgIpc) is 2.60. The topological polar surface area (TPSA) is 49.4 Å². The molecule has 0 saturated carbocycles. The van der Waals surface area contributed by atoms with Crippen molar-refractivity contribution in [1.82, 2.24) is 10.2 Å². The van der Waals surface area contributed by atoms with Crippen LogP contribution < -0.4 is 5.32 Å². The van der Waals surface area contributed by atoms with Crippen molar-refractivity contribution in [3.05, 3.63) is 34.9 Å². The Morgan fingerprint density at radius 1 is 1.25 bits per heavy atom. The Balaban J connectivity index is 2.00. The lowest BCUT2D eigenvalue weighted by molar-refractivity contribution is -0.151. The van der Waals surface area contributed by atoms with Crippen LogP contribution in [-0.2, 0) is 16.1 Å². The SMILES string of the molecule is CCC1CCCCN1C(=O)C(C)(C)C(=O)NCc1ccc(Cl)cc1. The smallest absolute Gasteiger partial charge is 0.237 e. The van der Waals surface area contributed by atoms with E-state index in [9.17, 15) is 9.59 Å². The van der Waals surface area contributed by atoms with E-state index in [0.717, 1.165) is 37.8 Å². The van der Waals surface area contributed by atoms with Crippen molar-refractivity contribution in [1.29, 1.82) is 0 Å². The zero-order valence-corrected chi connectivity index (χ0v) is 15.5. The van der Waals surface area contributed by atoms with E-state index in [0.29, 0.717) is 11.6 Å². The van der Waals surface area contributed by atoms with Crippen molar-refractivity contribution in [2.45, 2.75) is 59.0 Å². The van der Waals surface area contributed by atoms with Gasteiger partial charge in [0.15, 0.2) is 0 Å². The van der Waals surface area contributed by atoms with E-state index in [-0.39, 0.29) is 17.9 Å². The normalized spacial score (nSPS) is 18.3. The van der Waals surface area contributed by atoms with Crippen LogP contribution in [0.15, 0.2) is 24.3 Å². The number of benzene rings is 1. The minimum absolute atomic E-state index is 0.0670. The second-order valence-corrected chi connectivity index (χ2v) is 7.43. The lowest BCUT2D eigenvalue weighted by atomic mass is 9.87. The van der Waals surface area contributed by atoms with E-state index < -0.39 is 5.41 Å². The fourth-order valence-electron chi connectivity index (χ4n) is 3.15. The van der Waals surface area contributed by atoms with Gasteiger partial charge in [0, 0.05) is 24.2 Å². The van der Waals surface area contributed by atoms with Crippen LogP contribution in [0.1, 0.15) is 52.0 Å². The van der Waals surface area contributed by atoms with Gasteiger partial charge in [0.25, 0.3) is 0 Å². The maximum atomic E-state index is 12.9. The van der Waals surface area contributed by atoms with Crippen LogP contribution in [0.4, 0.5) is 0 Å². The number of hydrogen-bond acceptors (Lipinski definition) is 2. The summed E-state index contributed by atoms with van der Waals surface area (Å²) >= 11 is 5.86. The molecule has 132 valence electrons. The quantitative estimate of drug-likeness (QED) is 0.822. The standard InChI is InChI=1S/C19H27ClN2O2/c1-4-16-7-5-6-12-22(16)18(24)19(2,3)17(23)21-13-14-8-10-15(20)11-9-14/h8-11,16H,4-7,12-13H2,1-3H3,(H,21,23). The minimum Gasteiger partial charge on any atom is -0.351 e. The van der Waals surface area contributed by atoms with E-state index in [1.54, 1.807) is 26.0 Å². The van der Waals surface area contributed by atoms with Gasteiger partial charge in [-0.05, 0) is 57.2 Å². The van der Waals surface area contributed by atoms with Crippen molar-refractivity contribution in [2.75, 3.05) is 6.54 Å². The number of nitrogens with one attached hydrogen (secondary N) is 1. The molecule has 2 amide bonds. The molecule has 1 atom stereocenters. The van der Waals surface area contributed by atoms with Crippen LogP contribution in [-0.4, -0.2) is 29.3 Å². The lowest BCUT2D eigenvalue weighted by Crippen LogP contribution is -2.53. The molecule has 0 aliphatic carbocycles. The first-order valence-electron chi connectivity index (χ1n) is 8.70. The van der Waals surface area contributed by atoms with Crippen LogP contribution in [0.25, 0.3) is 0 Å². The van der Waals surface area contributed by atoms with Gasteiger partial charge in [0.05, 0.1) is 0 Å². The zero-order valence-electron chi connectivity index (χ0n) is 14.8. The summed E-state index contributed by atoms with van der Waals surface area (Å²) in [4.78, 5) is 27.4. The highest BCUT2D eigenvalue weighted by Crippen LogP contribution is 2.27. The lowest BCUT2D eigenvalue weighted by Gasteiger charge is -2.39. The average molecular weight is 351 g/mol. The molecule has 1 heterocycles. The first-order chi connectivity index (χ1) is 11.4. The molecular formula is C19H27ClN2O2. The van der Waals surface area contributed by atoms with Gasteiger partial charge < -0.3 is 10.2 Å². The van der Waals surface area contributed by atoms with Crippen LogP contribution >= 0.6 is 11.6 Å². The van der Waals surface area contributed by atoms with E-state index in [4.69, 9.17) is 11.6 Å². The molecule has 1 fully saturated rings. The summed E-state index contributed by atoms with van der Waals surface area (Å²) in [6.07, 6.45) is 4.15. The van der Waals surface area contributed by atoms with Gasteiger partial charge in [-0.3, -0.25) is 9.59 Å². The number of likely N-dealkylation sites (tertiary alicyclic amines) is 1. The summed E-state index contributed by atoms with van der Waals surface area (Å²) in [6, 6.07) is 7.58. The first-order valence-corrected chi connectivity index (χ1v) is 9.08. The van der Waals surface area contributed by atoms with Crippen LogP contribution in [0, 0.1) is 5.41 Å². The zero-order chi connectivity index (χ0) is 17.7. The maximum absolute atomic E-state index is 12.9. The predicted octanol–water partition coefficient (Wildman–Crippen LogP) is 3.77. The Morgan fingerprint density at radius 2 is 1.92 bits per heavy atom. The summed E-state index contributed by atoms with van der Waals surface area (Å²) in [5.41, 5.74) is -0.0996. The number of carbonyl (C=O) groups excluding carboxylic acids is 2. The van der Waals surface area contributed by atoms with Gasteiger partial charge in [0.1, 0.15) is 5.41 Å². The van der Waals surface area contributed by atoms with E-state index in [1.165, 1.54) is 0 Å². The molecule has 1 aromatic carbocycles. The van der Waals surface area contributed by atoms with Crippen molar-refractivity contribution < 1.29 is 9.59 Å². The summed E-state index contributed by atoms with van der Waals surface area (Å²) in [7, 11) is 0. The molecule has 4 nitrogen and oxygen atoms in total. The van der Waals surface area contributed by atoms with Gasteiger partial charge in [-0.15, -0.1) is 0 Å². The molecule has 24 heavy (non-hydrogen) atoms. The maximum Gasteiger partial charge on any atom is 0.237 e. The van der Waals surface area contributed by atoms with Crippen molar-refractivity contribution in [3.63, 3.8) is 0 Å². The van der Waals surface area contributed by atoms with E-state index in [2.05, 4.69) is 12.2 Å². The van der Waals surface area contributed by atoms with Crippen molar-refractivity contribution >= 4 is 23.4 Å². The summed E-state index contributed by atoms with van der Waals surface area (Å²) in [6.45, 7) is 6.68. The largest absolute Gasteiger partial charge is 0.351 e. The molecule has 0 bridgehead atoms. The molecule has 0 aromatic heterocycles. The third-order valence-corrected chi connectivity index (χ3v) is 5.08. The number of hydrogen-bond donors (Lipinski definition) is 1. The van der Waals surface area contributed by atoms with Gasteiger partial charge in [-0.25, -0.2) is 0 Å². The molecule has 1 N–H and O–H groups in total. The first kappa shape index (κ1) is 18.8. The Bertz CT molecular complexity index is 584. The molecule has 1 aromatic rings. The predicted molar refractivity (Wildman–Crippen MR) is 96.7 cm³/mol. The van der Waals surface area contributed by atoms with Gasteiger partial charge in [-0.1, -0.05) is 30.7 Å². The highest BCUT2D eigenvalue weighted by Gasteiger charge is 2.41. The van der Waals surface area contributed by atoms with Gasteiger partial charge in [0.2, 0.25) is 11.8 Å². The molecule has 0 spiro atoms. The molecular weight excluding hydrogens is 324 g/mol. The van der Waals surface area contributed by atoms with Crippen LogP contribution in [0.2, 0.25) is 5.02 Å². The van der Waals surface area contributed by atoms with Gasteiger partial charge >= 0.3 is 0 Å². The molecule has 1 aliphatic heterocycles. The molecule has 1 aliphatic rings. The molecule has 0 radical (unpaired) electrons. The third kappa shape index (κ3) is 4.29. The Labute approximate surface area is 149 Å².